The molecule has 0 aliphatic carbocycles. The van der Waals surface area contributed by atoms with Crippen LogP contribution < -0.4 is 10.6 Å². The molecule has 0 unspecified atom stereocenters. The van der Waals surface area contributed by atoms with E-state index in [0.717, 1.165) is 0 Å². The summed E-state index contributed by atoms with van der Waals surface area (Å²) in [4.78, 5) is 58.9. The van der Waals surface area contributed by atoms with E-state index in [0.29, 0.717) is 0 Å². The number of nitrogens with zero attached hydrogens (tertiary/aromatic N) is 2. The number of carbonyl (C=O) groups excluding carboxylic acids is 4. The van der Waals surface area contributed by atoms with Crippen molar-refractivity contribution in [3.63, 3.8) is 0 Å². The average molecular weight is 469 g/mol. The number of cyclic esters (lactones) is 2. The van der Waals surface area contributed by atoms with Gasteiger partial charge in [0.25, 0.3) is 11.8 Å². The zero-order valence-electron chi connectivity index (χ0n) is 19.5. The fraction of sp³-hybridized carbons (Fsp3) is 0.417. The maximum Gasteiger partial charge on any atom is 0.357 e. The van der Waals surface area contributed by atoms with E-state index in [1.54, 1.807) is 6.07 Å². The summed E-state index contributed by atoms with van der Waals surface area (Å²) in [7, 11) is 0. The van der Waals surface area contributed by atoms with Gasteiger partial charge in [0.05, 0.1) is 12.1 Å². The van der Waals surface area contributed by atoms with Gasteiger partial charge in [-0.15, -0.1) is 0 Å². The highest BCUT2D eigenvalue weighted by Crippen LogP contribution is 2.11. The largest absolute Gasteiger partial charge is 0.459 e. The fourth-order valence-corrected chi connectivity index (χ4v) is 3.11. The molecule has 2 aromatic rings. The molecule has 34 heavy (non-hydrogen) atoms. The molecule has 0 saturated heterocycles. The minimum absolute atomic E-state index is 0.0487. The molecule has 0 aromatic carbocycles. The first-order valence-corrected chi connectivity index (χ1v) is 11.1. The maximum absolute atomic E-state index is 12.8. The lowest BCUT2D eigenvalue weighted by Crippen LogP contribution is -2.44. The first kappa shape index (κ1) is 24.8. The van der Waals surface area contributed by atoms with E-state index >= 15 is 0 Å². The second-order valence-electron chi connectivity index (χ2n) is 8.66. The van der Waals surface area contributed by atoms with E-state index in [4.69, 9.17) is 9.47 Å². The quantitative estimate of drug-likeness (QED) is 0.639. The Morgan fingerprint density at radius 1 is 0.676 bits per heavy atom. The summed E-state index contributed by atoms with van der Waals surface area (Å²) in [5, 5.41) is 5.60. The van der Waals surface area contributed by atoms with E-state index < -0.39 is 35.8 Å². The van der Waals surface area contributed by atoms with Crippen molar-refractivity contribution in [2.24, 2.45) is 11.8 Å². The van der Waals surface area contributed by atoms with Gasteiger partial charge in [0.1, 0.15) is 36.0 Å². The highest BCUT2D eigenvalue weighted by Gasteiger charge is 2.25. The topological polar surface area (TPSA) is 137 Å². The summed E-state index contributed by atoms with van der Waals surface area (Å²) in [6.07, 6.45) is 0. The van der Waals surface area contributed by atoms with Crippen molar-refractivity contribution in [2.75, 3.05) is 13.2 Å². The maximum atomic E-state index is 12.8. The number of ether oxygens (including phenoxy) is 2. The van der Waals surface area contributed by atoms with Crippen molar-refractivity contribution in [1.29, 1.82) is 0 Å². The van der Waals surface area contributed by atoms with Gasteiger partial charge in [0.15, 0.2) is 0 Å². The lowest BCUT2D eigenvalue weighted by Gasteiger charge is -2.23. The number of amides is 2. The zero-order chi connectivity index (χ0) is 24.8. The van der Waals surface area contributed by atoms with Crippen LogP contribution in [0.4, 0.5) is 0 Å². The molecule has 10 nitrogen and oxygen atoms in total. The lowest BCUT2D eigenvalue weighted by atomic mass is 10.0. The average Bonchev–Trinajstić information content (AvgIpc) is 2.82. The summed E-state index contributed by atoms with van der Waals surface area (Å²) >= 11 is 0. The van der Waals surface area contributed by atoms with Crippen LogP contribution >= 0.6 is 0 Å². The van der Waals surface area contributed by atoms with Gasteiger partial charge in [-0.2, -0.15) is 0 Å². The van der Waals surface area contributed by atoms with Crippen molar-refractivity contribution in [2.45, 2.75) is 39.8 Å². The molecule has 10 heteroatoms. The van der Waals surface area contributed by atoms with E-state index in [1.807, 2.05) is 27.7 Å². The molecule has 0 fully saturated rings. The third-order valence-electron chi connectivity index (χ3n) is 5.41. The Kier molecular flexibility index (Phi) is 7.93. The van der Waals surface area contributed by atoms with E-state index in [-0.39, 0.29) is 47.8 Å². The molecule has 2 amide bonds. The van der Waals surface area contributed by atoms with Gasteiger partial charge in [-0.25, -0.2) is 19.6 Å². The smallest absolute Gasteiger partial charge is 0.357 e. The normalized spacial score (nSPS) is 20.1. The molecule has 3 heterocycles. The second kappa shape index (κ2) is 10.9. The van der Waals surface area contributed by atoms with Crippen LogP contribution in [0.3, 0.4) is 0 Å². The van der Waals surface area contributed by atoms with E-state index in [9.17, 15) is 19.2 Å². The molecule has 1 aliphatic heterocycles. The molecule has 0 saturated carbocycles. The van der Waals surface area contributed by atoms with Crippen LogP contribution in [-0.2, 0) is 9.47 Å². The Hall–Kier alpha value is -3.82. The molecule has 3 rings (SSSR count). The number of aromatic nitrogens is 2. The number of rotatable bonds is 2. The highest BCUT2D eigenvalue weighted by atomic mass is 16.5. The zero-order valence-corrected chi connectivity index (χ0v) is 19.5. The van der Waals surface area contributed by atoms with Crippen LogP contribution in [-0.4, -0.2) is 59.0 Å². The Morgan fingerprint density at radius 3 is 1.41 bits per heavy atom. The first-order valence-electron chi connectivity index (χ1n) is 11.1. The Balaban J connectivity index is 1.95. The van der Waals surface area contributed by atoms with Crippen molar-refractivity contribution in [3.05, 3.63) is 59.2 Å². The fourth-order valence-electron chi connectivity index (χ4n) is 3.11. The van der Waals surface area contributed by atoms with Crippen LogP contribution in [0.25, 0.3) is 0 Å². The van der Waals surface area contributed by atoms with Crippen LogP contribution in [0.2, 0.25) is 0 Å². The van der Waals surface area contributed by atoms with Crippen LogP contribution in [0.15, 0.2) is 36.4 Å². The molecular weight excluding hydrogens is 440 g/mol. The number of pyridine rings is 2. The van der Waals surface area contributed by atoms with Crippen LogP contribution in [0.1, 0.15) is 69.6 Å². The number of carbonyl (C=O) groups is 4. The molecule has 2 aromatic heterocycles. The van der Waals surface area contributed by atoms with Crippen molar-refractivity contribution in [1.82, 2.24) is 20.6 Å². The van der Waals surface area contributed by atoms with Crippen molar-refractivity contribution >= 4 is 23.8 Å². The molecule has 1 aliphatic rings. The monoisotopic (exact) mass is 468 g/mol. The van der Waals surface area contributed by atoms with Gasteiger partial charge in [0, 0.05) is 0 Å². The minimum atomic E-state index is -0.733. The molecule has 2 N–H and O–H groups in total. The highest BCUT2D eigenvalue weighted by molar-refractivity contribution is 5.96. The molecular formula is C24H28N4O6. The van der Waals surface area contributed by atoms with E-state index in [1.165, 1.54) is 30.3 Å². The van der Waals surface area contributed by atoms with Crippen LogP contribution in [0.5, 0.6) is 0 Å². The Labute approximate surface area is 197 Å². The molecule has 4 bridgehead atoms. The summed E-state index contributed by atoms with van der Waals surface area (Å²) in [6, 6.07) is 7.85. The Bertz CT molecular complexity index is 1010. The third kappa shape index (κ3) is 6.15. The third-order valence-corrected chi connectivity index (χ3v) is 5.41. The van der Waals surface area contributed by atoms with Gasteiger partial charge in [-0.3, -0.25) is 9.59 Å². The number of hydrogen-bond donors (Lipinski definition) is 2. The summed E-state index contributed by atoms with van der Waals surface area (Å²) in [6.45, 7) is 7.22. The number of fused-ring (bicyclic) bond motifs is 4. The number of esters is 2. The van der Waals surface area contributed by atoms with Gasteiger partial charge in [-0.05, 0) is 36.1 Å². The molecule has 2 atom stereocenters. The van der Waals surface area contributed by atoms with Gasteiger partial charge < -0.3 is 20.1 Å². The van der Waals surface area contributed by atoms with Gasteiger partial charge in [-0.1, -0.05) is 39.8 Å². The predicted molar refractivity (Wildman–Crippen MR) is 121 cm³/mol. The molecule has 0 spiro atoms. The van der Waals surface area contributed by atoms with Crippen molar-refractivity contribution in [3.8, 4) is 0 Å². The SMILES string of the molecule is CC(C)[C@H]1COC(=O)c2cccc(n2)C(=O)OC[C@H](C(C)C)NC(=O)c2cccc(n2)C(=O)N1. The predicted octanol–water partition coefficient (Wildman–Crippen LogP) is 2.01. The summed E-state index contributed by atoms with van der Waals surface area (Å²) in [5.41, 5.74) is -0.0276. The van der Waals surface area contributed by atoms with Gasteiger partial charge in [0.2, 0.25) is 0 Å². The molecule has 180 valence electrons. The Morgan fingerprint density at radius 2 is 1.03 bits per heavy atom. The second-order valence-corrected chi connectivity index (χ2v) is 8.66. The lowest BCUT2D eigenvalue weighted by molar-refractivity contribution is 0.0412. The first-order chi connectivity index (χ1) is 16.2. The number of hydrogen-bond acceptors (Lipinski definition) is 8. The standard InChI is InChI=1S/C24H28N4O6/c1-13(2)19-11-33-23(31)17-9-6-10-18(26-17)24(32)34-12-20(14(3)4)28-22(30)16-8-5-7-15(25-16)21(29)27-19/h5-10,13-14,19-20H,11-12H2,1-4H3,(H,27,29)(H,28,30)/t19-,20-/m1/s1. The van der Waals surface area contributed by atoms with E-state index in [2.05, 4.69) is 20.6 Å². The molecule has 0 radical (unpaired) electrons. The minimum Gasteiger partial charge on any atom is -0.459 e. The number of nitrogens with one attached hydrogen (secondary N) is 2. The van der Waals surface area contributed by atoms with Crippen LogP contribution in [0, 0.1) is 11.8 Å². The summed E-state index contributed by atoms with van der Waals surface area (Å²) in [5.74, 6) is -2.61. The van der Waals surface area contributed by atoms with Crippen molar-refractivity contribution < 1.29 is 28.7 Å². The summed E-state index contributed by atoms with van der Waals surface area (Å²) < 4.78 is 10.7. The van der Waals surface area contributed by atoms with Gasteiger partial charge >= 0.3 is 11.9 Å².